The Hall–Kier alpha value is -3.17. The van der Waals surface area contributed by atoms with Gasteiger partial charge in [-0.05, 0) is 23.3 Å². The first-order valence-corrected chi connectivity index (χ1v) is 10.7. The molecule has 156 valence electrons. The van der Waals surface area contributed by atoms with E-state index in [1.54, 1.807) is 56.7 Å². The lowest BCUT2D eigenvalue weighted by molar-refractivity contribution is -0.118. The summed E-state index contributed by atoms with van der Waals surface area (Å²) in [5, 5.41) is 6.90. The first kappa shape index (κ1) is 21.5. The maximum Gasteiger partial charge on any atom is 0.284 e. The van der Waals surface area contributed by atoms with Gasteiger partial charge in [-0.15, -0.1) is 4.40 Å². The first-order chi connectivity index (χ1) is 14.2. The fourth-order valence-electron chi connectivity index (χ4n) is 2.99. The SMILES string of the molecule is CN(C)C=NS(=O)(=O)c1cc(C(C(N)=O)c2ccccc2Cl)ccc1-c1cn[nH]c1. The van der Waals surface area contributed by atoms with E-state index < -0.39 is 21.8 Å². The van der Waals surface area contributed by atoms with Gasteiger partial charge in [-0.2, -0.15) is 13.5 Å². The zero-order chi connectivity index (χ0) is 21.9. The molecule has 1 amide bonds. The number of nitrogens with one attached hydrogen (secondary N) is 1. The van der Waals surface area contributed by atoms with Crippen molar-refractivity contribution in [2.75, 3.05) is 14.1 Å². The minimum absolute atomic E-state index is 0.0715. The van der Waals surface area contributed by atoms with E-state index in [4.69, 9.17) is 17.3 Å². The smallest absolute Gasteiger partial charge is 0.284 e. The molecule has 1 unspecified atom stereocenters. The highest BCUT2D eigenvalue weighted by molar-refractivity contribution is 7.90. The zero-order valence-corrected chi connectivity index (χ0v) is 17.9. The number of carbonyl (C=O) groups is 1. The summed E-state index contributed by atoms with van der Waals surface area (Å²) >= 11 is 6.27. The summed E-state index contributed by atoms with van der Waals surface area (Å²) in [6.45, 7) is 0. The highest BCUT2D eigenvalue weighted by atomic mass is 35.5. The molecular formula is C20H20ClN5O3S. The van der Waals surface area contributed by atoms with Gasteiger partial charge in [0, 0.05) is 36.4 Å². The number of aromatic nitrogens is 2. The third kappa shape index (κ3) is 4.52. The van der Waals surface area contributed by atoms with Crippen LogP contribution in [0.15, 0.2) is 64.2 Å². The predicted octanol–water partition coefficient (Wildman–Crippen LogP) is 2.63. The van der Waals surface area contributed by atoms with E-state index in [0.717, 1.165) is 0 Å². The summed E-state index contributed by atoms with van der Waals surface area (Å²) in [6, 6.07) is 11.4. The van der Waals surface area contributed by atoms with Crippen LogP contribution >= 0.6 is 11.6 Å². The number of nitrogens with two attached hydrogens (primary N) is 1. The highest BCUT2D eigenvalue weighted by Crippen LogP contribution is 2.35. The lowest BCUT2D eigenvalue weighted by Crippen LogP contribution is -2.23. The monoisotopic (exact) mass is 445 g/mol. The van der Waals surface area contributed by atoms with Gasteiger partial charge in [-0.25, -0.2) is 0 Å². The van der Waals surface area contributed by atoms with Crippen LogP contribution in [-0.2, 0) is 14.8 Å². The van der Waals surface area contributed by atoms with E-state index in [1.165, 1.54) is 23.5 Å². The van der Waals surface area contributed by atoms with Gasteiger partial charge in [0.15, 0.2) is 0 Å². The molecule has 3 aromatic rings. The van der Waals surface area contributed by atoms with Gasteiger partial charge in [0.05, 0.1) is 17.0 Å². The fraction of sp³-hybridized carbons (Fsp3) is 0.150. The normalized spacial score (nSPS) is 12.8. The molecule has 1 heterocycles. The van der Waals surface area contributed by atoms with Gasteiger partial charge in [-0.3, -0.25) is 9.89 Å². The van der Waals surface area contributed by atoms with Crippen molar-refractivity contribution in [3.8, 4) is 11.1 Å². The fourth-order valence-corrected chi connectivity index (χ4v) is 4.41. The van der Waals surface area contributed by atoms with Crippen LogP contribution in [-0.4, -0.2) is 49.9 Å². The Morgan fingerprint density at radius 1 is 1.27 bits per heavy atom. The maximum absolute atomic E-state index is 13.0. The maximum atomic E-state index is 13.0. The number of hydrogen-bond donors (Lipinski definition) is 2. The second-order valence-corrected chi connectivity index (χ2v) is 8.77. The molecule has 3 N–H and O–H groups in total. The molecule has 1 atom stereocenters. The van der Waals surface area contributed by atoms with Gasteiger partial charge < -0.3 is 10.6 Å². The number of sulfonamides is 1. The lowest BCUT2D eigenvalue weighted by Gasteiger charge is -2.18. The molecule has 0 fully saturated rings. The molecule has 30 heavy (non-hydrogen) atoms. The molecule has 0 radical (unpaired) electrons. The second kappa shape index (κ2) is 8.68. The third-order valence-corrected chi connectivity index (χ3v) is 5.95. The third-order valence-electron chi connectivity index (χ3n) is 4.34. The van der Waals surface area contributed by atoms with Crippen LogP contribution in [0, 0.1) is 0 Å². The number of nitrogens with zero attached hydrogens (tertiary/aromatic N) is 3. The van der Waals surface area contributed by atoms with Crippen molar-refractivity contribution in [2.24, 2.45) is 10.1 Å². The first-order valence-electron chi connectivity index (χ1n) is 8.84. The van der Waals surface area contributed by atoms with Gasteiger partial charge in [0.1, 0.15) is 6.34 Å². The molecule has 2 aromatic carbocycles. The Morgan fingerprint density at radius 3 is 2.60 bits per heavy atom. The standard InChI is InChI=1S/C20H20ClN5O3S/c1-26(2)12-25-30(28,29)18-9-13(7-8-15(18)14-10-23-24-11-14)19(20(22)27)16-5-3-4-6-17(16)21/h3-12,19H,1-2H3,(H2,22,27)(H,23,24). The average Bonchev–Trinajstić information content (AvgIpc) is 3.22. The number of amides is 1. The summed E-state index contributed by atoms with van der Waals surface area (Å²) in [7, 11) is -0.766. The molecule has 0 aliphatic rings. The van der Waals surface area contributed by atoms with Gasteiger partial charge in [0.25, 0.3) is 10.0 Å². The Kier molecular flexibility index (Phi) is 6.23. The van der Waals surface area contributed by atoms with Crippen molar-refractivity contribution in [1.29, 1.82) is 0 Å². The molecule has 8 nitrogen and oxygen atoms in total. The van der Waals surface area contributed by atoms with Crippen molar-refractivity contribution in [3.63, 3.8) is 0 Å². The van der Waals surface area contributed by atoms with E-state index in [1.807, 2.05) is 0 Å². The van der Waals surface area contributed by atoms with Crippen LogP contribution in [0.2, 0.25) is 5.02 Å². The van der Waals surface area contributed by atoms with E-state index in [2.05, 4.69) is 14.6 Å². The number of carbonyl (C=O) groups excluding carboxylic acids is 1. The van der Waals surface area contributed by atoms with E-state index in [-0.39, 0.29) is 4.90 Å². The topological polar surface area (TPSA) is 122 Å². The molecule has 0 aliphatic heterocycles. The largest absolute Gasteiger partial charge is 0.369 e. The molecular weight excluding hydrogens is 426 g/mol. The molecule has 3 rings (SSSR count). The molecule has 10 heteroatoms. The van der Waals surface area contributed by atoms with Gasteiger partial charge >= 0.3 is 0 Å². The Labute approximate surface area is 179 Å². The summed E-state index contributed by atoms with van der Waals surface area (Å²) in [4.78, 5) is 13.7. The summed E-state index contributed by atoms with van der Waals surface area (Å²) < 4.78 is 29.7. The molecule has 0 bridgehead atoms. The van der Waals surface area contributed by atoms with Gasteiger partial charge in [0.2, 0.25) is 5.91 Å². The van der Waals surface area contributed by atoms with E-state index >= 15 is 0 Å². The van der Waals surface area contributed by atoms with Crippen molar-refractivity contribution >= 4 is 33.9 Å². The van der Waals surface area contributed by atoms with E-state index in [0.29, 0.717) is 27.3 Å². The Bertz CT molecular complexity index is 1190. The number of aromatic amines is 1. The zero-order valence-electron chi connectivity index (χ0n) is 16.3. The summed E-state index contributed by atoms with van der Waals surface area (Å²) in [5.74, 6) is -1.58. The molecule has 0 saturated carbocycles. The van der Waals surface area contributed by atoms with Crippen molar-refractivity contribution in [1.82, 2.24) is 15.1 Å². The average molecular weight is 446 g/mol. The molecule has 0 saturated heterocycles. The van der Waals surface area contributed by atoms with Crippen LogP contribution in [0.3, 0.4) is 0 Å². The van der Waals surface area contributed by atoms with Crippen LogP contribution in [0.4, 0.5) is 0 Å². The summed E-state index contributed by atoms with van der Waals surface area (Å²) in [5.41, 5.74) is 7.50. The predicted molar refractivity (Wildman–Crippen MR) is 116 cm³/mol. The quantitative estimate of drug-likeness (QED) is 0.427. The van der Waals surface area contributed by atoms with Crippen molar-refractivity contribution in [3.05, 3.63) is 71.0 Å². The lowest BCUT2D eigenvalue weighted by atomic mass is 9.89. The van der Waals surface area contributed by atoms with Crippen molar-refractivity contribution < 1.29 is 13.2 Å². The van der Waals surface area contributed by atoms with E-state index in [9.17, 15) is 13.2 Å². The van der Waals surface area contributed by atoms with Crippen LogP contribution in [0.1, 0.15) is 17.0 Å². The number of hydrogen-bond acceptors (Lipinski definition) is 4. The number of primary amides is 1. The minimum Gasteiger partial charge on any atom is -0.369 e. The number of benzene rings is 2. The van der Waals surface area contributed by atoms with Crippen LogP contribution in [0.5, 0.6) is 0 Å². The number of rotatable bonds is 7. The van der Waals surface area contributed by atoms with Crippen LogP contribution < -0.4 is 5.73 Å². The molecule has 1 aromatic heterocycles. The number of H-pyrrole nitrogens is 1. The number of halogens is 1. The Morgan fingerprint density at radius 2 is 2.00 bits per heavy atom. The van der Waals surface area contributed by atoms with Gasteiger partial charge in [-0.1, -0.05) is 41.9 Å². The highest BCUT2D eigenvalue weighted by Gasteiger charge is 2.27. The molecule has 0 spiro atoms. The summed E-state index contributed by atoms with van der Waals surface area (Å²) in [6.07, 6.45) is 4.27. The van der Waals surface area contributed by atoms with Crippen molar-refractivity contribution in [2.45, 2.75) is 10.8 Å². The second-order valence-electron chi connectivity index (χ2n) is 6.76. The Balaban J connectivity index is 2.23. The minimum atomic E-state index is -4.09. The van der Waals surface area contributed by atoms with Crippen LogP contribution in [0.25, 0.3) is 11.1 Å². The molecule has 0 aliphatic carbocycles.